The van der Waals surface area contributed by atoms with Gasteiger partial charge in [-0.25, -0.2) is 0 Å². The van der Waals surface area contributed by atoms with Gasteiger partial charge in [0.2, 0.25) is 0 Å². The van der Waals surface area contributed by atoms with Gasteiger partial charge in [0.15, 0.2) is 0 Å². The zero-order valence-electron chi connectivity index (χ0n) is 12.4. The number of hydrogen-bond donors (Lipinski definition) is 0. The van der Waals surface area contributed by atoms with Crippen LogP contribution >= 0.6 is 0 Å². The fraction of sp³-hybridized carbons (Fsp3) is 0.278. The van der Waals surface area contributed by atoms with Crippen molar-refractivity contribution >= 4 is 11.5 Å². The molecule has 0 fully saturated rings. The summed E-state index contributed by atoms with van der Waals surface area (Å²) in [5.74, 6) is 0.241. The molecule has 0 spiro atoms. The molecule has 2 rings (SSSR count). The highest BCUT2D eigenvalue weighted by Gasteiger charge is 2.02. The fourth-order valence-electron chi connectivity index (χ4n) is 2.18. The Morgan fingerprint density at radius 3 is 2.30 bits per heavy atom. The summed E-state index contributed by atoms with van der Waals surface area (Å²) in [5.41, 5.74) is 4.83. The molecule has 0 heterocycles. The van der Waals surface area contributed by atoms with Crippen LogP contribution in [0.5, 0.6) is 0 Å². The predicted octanol–water partition coefficient (Wildman–Crippen LogP) is 3.94. The largest absolute Gasteiger partial charge is 0.378 e. The molecule has 0 saturated heterocycles. The summed E-state index contributed by atoms with van der Waals surface area (Å²) in [7, 11) is 4.08. The molecule has 0 unspecified atom stereocenters. The van der Waals surface area contributed by atoms with Gasteiger partial charge in [0.25, 0.3) is 0 Å². The van der Waals surface area contributed by atoms with Crippen LogP contribution in [0.4, 0.5) is 5.69 Å². The van der Waals surface area contributed by atoms with Crippen molar-refractivity contribution in [3.05, 3.63) is 54.1 Å². The number of hydrogen-bond acceptors (Lipinski definition) is 2. The van der Waals surface area contributed by atoms with Crippen molar-refractivity contribution in [1.29, 1.82) is 0 Å². The summed E-state index contributed by atoms with van der Waals surface area (Å²) in [5, 5.41) is 0. The number of Topliss-reactive ketones (excluding diaryl/α,β-unsaturated/α-hetero) is 1. The van der Waals surface area contributed by atoms with Gasteiger partial charge in [-0.2, -0.15) is 0 Å². The smallest absolute Gasteiger partial charge is 0.130 e. The first-order valence-electron chi connectivity index (χ1n) is 6.92. The summed E-state index contributed by atoms with van der Waals surface area (Å²) in [6.45, 7) is 1.64. The minimum Gasteiger partial charge on any atom is -0.378 e. The molecule has 20 heavy (non-hydrogen) atoms. The molecule has 0 saturated carbocycles. The van der Waals surface area contributed by atoms with Crippen molar-refractivity contribution in [1.82, 2.24) is 0 Å². The highest BCUT2D eigenvalue weighted by Crippen LogP contribution is 2.23. The number of nitrogens with zero attached hydrogens (tertiary/aromatic N) is 1. The third-order valence-corrected chi connectivity index (χ3v) is 3.41. The Morgan fingerprint density at radius 1 is 1.00 bits per heavy atom. The van der Waals surface area contributed by atoms with Crippen LogP contribution < -0.4 is 4.90 Å². The van der Waals surface area contributed by atoms with Crippen molar-refractivity contribution in [2.75, 3.05) is 19.0 Å². The fourth-order valence-corrected chi connectivity index (χ4v) is 2.18. The lowest BCUT2D eigenvalue weighted by molar-refractivity contribution is -0.116. The van der Waals surface area contributed by atoms with E-state index in [2.05, 4.69) is 53.4 Å². The van der Waals surface area contributed by atoms with Crippen LogP contribution in [0, 0.1) is 0 Å². The normalized spacial score (nSPS) is 10.3. The monoisotopic (exact) mass is 267 g/mol. The second-order valence-electron chi connectivity index (χ2n) is 5.34. The molecular weight excluding hydrogens is 246 g/mol. The lowest BCUT2D eigenvalue weighted by Gasteiger charge is -2.13. The Balaban J connectivity index is 2.19. The molecule has 0 N–H and O–H groups in total. The van der Waals surface area contributed by atoms with Crippen LogP contribution in [-0.2, 0) is 11.2 Å². The first-order chi connectivity index (χ1) is 9.56. The number of carbonyl (C=O) groups excluding carboxylic acids is 1. The minimum absolute atomic E-state index is 0.241. The Kier molecular flexibility index (Phi) is 4.57. The average molecular weight is 267 g/mol. The van der Waals surface area contributed by atoms with Crippen molar-refractivity contribution < 1.29 is 4.79 Å². The second kappa shape index (κ2) is 6.38. The molecule has 104 valence electrons. The molecule has 0 amide bonds. The average Bonchev–Trinajstić information content (AvgIpc) is 2.45. The van der Waals surface area contributed by atoms with Gasteiger partial charge in [-0.1, -0.05) is 36.4 Å². The summed E-state index contributed by atoms with van der Waals surface area (Å²) in [4.78, 5) is 13.2. The van der Waals surface area contributed by atoms with E-state index in [1.54, 1.807) is 6.92 Å². The Labute approximate surface area is 121 Å². The summed E-state index contributed by atoms with van der Waals surface area (Å²) in [6.07, 6.45) is 1.43. The van der Waals surface area contributed by atoms with Crippen LogP contribution in [0.3, 0.4) is 0 Å². The van der Waals surface area contributed by atoms with E-state index in [4.69, 9.17) is 0 Å². The van der Waals surface area contributed by atoms with Gasteiger partial charge in [-0.3, -0.25) is 0 Å². The Bertz CT molecular complexity index is 585. The zero-order valence-corrected chi connectivity index (χ0v) is 12.4. The first kappa shape index (κ1) is 14.3. The van der Waals surface area contributed by atoms with Crippen LogP contribution in [-0.4, -0.2) is 19.9 Å². The molecule has 0 atom stereocenters. The highest BCUT2D eigenvalue weighted by molar-refractivity contribution is 5.75. The molecular formula is C18H21NO. The van der Waals surface area contributed by atoms with Gasteiger partial charge in [-0.15, -0.1) is 0 Å². The summed E-state index contributed by atoms with van der Waals surface area (Å²) < 4.78 is 0. The van der Waals surface area contributed by atoms with Crippen molar-refractivity contribution in [2.24, 2.45) is 0 Å². The SMILES string of the molecule is CC(=O)CCc1cccc(-c2ccc(N(C)C)cc2)c1. The van der Waals surface area contributed by atoms with Gasteiger partial charge >= 0.3 is 0 Å². The van der Waals surface area contributed by atoms with Gasteiger partial charge in [0, 0.05) is 26.2 Å². The number of ketones is 1. The quantitative estimate of drug-likeness (QED) is 0.817. The number of carbonyl (C=O) groups is 1. The number of rotatable bonds is 5. The molecule has 0 aliphatic heterocycles. The van der Waals surface area contributed by atoms with Gasteiger partial charge < -0.3 is 9.69 Å². The van der Waals surface area contributed by atoms with E-state index >= 15 is 0 Å². The number of aryl methyl sites for hydroxylation is 1. The molecule has 0 bridgehead atoms. The van der Waals surface area contributed by atoms with E-state index in [1.165, 1.54) is 22.4 Å². The lowest BCUT2D eigenvalue weighted by Crippen LogP contribution is -2.07. The minimum atomic E-state index is 0.241. The van der Waals surface area contributed by atoms with Gasteiger partial charge in [0.1, 0.15) is 5.78 Å². The molecule has 0 radical (unpaired) electrons. The molecule has 2 aromatic carbocycles. The third kappa shape index (κ3) is 3.70. The molecule has 2 aromatic rings. The van der Waals surface area contributed by atoms with Crippen LogP contribution in [0.15, 0.2) is 48.5 Å². The summed E-state index contributed by atoms with van der Waals surface area (Å²) >= 11 is 0. The zero-order chi connectivity index (χ0) is 14.5. The van der Waals surface area contributed by atoms with Crippen LogP contribution in [0.1, 0.15) is 18.9 Å². The Hall–Kier alpha value is -2.09. The molecule has 2 heteroatoms. The van der Waals surface area contributed by atoms with Crippen molar-refractivity contribution in [3.8, 4) is 11.1 Å². The van der Waals surface area contributed by atoms with E-state index < -0.39 is 0 Å². The topological polar surface area (TPSA) is 20.3 Å². The first-order valence-corrected chi connectivity index (χ1v) is 6.92. The number of anilines is 1. The lowest BCUT2D eigenvalue weighted by atomic mass is 10.00. The maximum atomic E-state index is 11.1. The molecule has 0 aliphatic rings. The molecule has 2 nitrogen and oxygen atoms in total. The predicted molar refractivity (Wildman–Crippen MR) is 85.2 cm³/mol. The second-order valence-corrected chi connectivity index (χ2v) is 5.34. The number of benzene rings is 2. The highest BCUT2D eigenvalue weighted by atomic mass is 16.1. The maximum Gasteiger partial charge on any atom is 0.130 e. The Morgan fingerprint density at radius 2 is 1.70 bits per heavy atom. The van der Waals surface area contributed by atoms with E-state index in [-0.39, 0.29) is 5.78 Å². The standard InChI is InChI=1S/C18H21NO/c1-14(20)7-8-15-5-4-6-17(13-15)16-9-11-18(12-10-16)19(2)3/h4-6,9-13H,7-8H2,1-3H3. The van der Waals surface area contributed by atoms with Crippen LogP contribution in [0.25, 0.3) is 11.1 Å². The van der Waals surface area contributed by atoms with E-state index in [0.29, 0.717) is 6.42 Å². The van der Waals surface area contributed by atoms with Gasteiger partial charge in [0.05, 0.1) is 0 Å². The molecule has 0 aliphatic carbocycles. The van der Waals surface area contributed by atoms with Crippen molar-refractivity contribution in [2.45, 2.75) is 19.8 Å². The van der Waals surface area contributed by atoms with Crippen LogP contribution in [0.2, 0.25) is 0 Å². The van der Waals surface area contributed by atoms with Gasteiger partial charge in [-0.05, 0) is 42.2 Å². The maximum absolute atomic E-state index is 11.1. The van der Waals surface area contributed by atoms with E-state index in [9.17, 15) is 4.79 Å². The van der Waals surface area contributed by atoms with E-state index in [1.807, 2.05) is 14.1 Å². The summed E-state index contributed by atoms with van der Waals surface area (Å²) in [6, 6.07) is 17.0. The van der Waals surface area contributed by atoms with E-state index in [0.717, 1.165) is 6.42 Å². The third-order valence-electron chi connectivity index (χ3n) is 3.41. The molecule has 0 aromatic heterocycles. The van der Waals surface area contributed by atoms with Crippen molar-refractivity contribution in [3.63, 3.8) is 0 Å².